The number of hydrogen-bond donors (Lipinski definition) is 1. The Morgan fingerprint density at radius 3 is 2.84 bits per heavy atom. The second-order valence-corrected chi connectivity index (χ2v) is 6.53. The van der Waals surface area contributed by atoms with E-state index < -0.39 is 0 Å². The smallest absolute Gasteiger partial charge is 0.237 e. The van der Waals surface area contributed by atoms with Crippen LogP contribution >= 0.6 is 0 Å². The van der Waals surface area contributed by atoms with Gasteiger partial charge in [0.05, 0.1) is 25.4 Å². The first-order chi connectivity index (χ1) is 12.0. The molecule has 0 radical (unpaired) electrons. The zero-order valence-corrected chi connectivity index (χ0v) is 15.4. The summed E-state index contributed by atoms with van der Waals surface area (Å²) in [6, 6.07) is 7.54. The normalized spacial score (nSPS) is 15.5. The van der Waals surface area contributed by atoms with Crippen molar-refractivity contribution in [3.05, 3.63) is 47.0 Å². The number of carbonyl (C=O) groups excluding carboxylic acids is 1. The van der Waals surface area contributed by atoms with Gasteiger partial charge in [-0.3, -0.25) is 9.69 Å². The number of benzene rings is 1. The Morgan fingerprint density at radius 1 is 1.32 bits per heavy atom. The van der Waals surface area contributed by atoms with E-state index in [0.29, 0.717) is 13.1 Å². The second kappa shape index (κ2) is 7.27. The molecule has 0 unspecified atom stereocenters. The molecule has 25 heavy (non-hydrogen) atoms. The van der Waals surface area contributed by atoms with Crippen molar-refractivity contribution in [2.45, 2.75) is 46.4 Å². The Kier molecular flexibility index (Phi) is 5.08. The quantitative estimate of drug-likeness (QED) is 0.903. The first-order valence-corrected chi connectivity index (χ1v) is 8.67. The molecular formula is C19H26N4O2. The van der Waals surface area contributed by atoms with Crippen LogP contribution in [0.4, 0.5) is 0 Å². The van der Waals surface area contributed by atoms with Crippen molar-refractivity contribution in [1.29, 1.82) is 0 Å². The van der Waals surface area contributed by atoms with Gasteiger partial charge in [0.1, 0.15) is 11.6 Å². The van der Waals surface area contributed by atoms with Crippen LogP contribution in [0.3, 0.4) is 0 Å². The van der Waals surface area contributed by atoms with Gasteiger partial charge in [-0.15, -0.1) is 0 Å². The summed E-state index contributed by atoms with van der Waals surface area (Å²) in [6.07, 6.45) is 0. The van der Waals surface area contributed by atoms with Crippen molar-refractivity contribution in [2.75, 3.05) is 13.7 Å². The van der Waals surface area contributed by atoms with Crippen LogP contribution in [0.1, 0.15) is 29.7 Å². The van der Waals surface area contributed by atoms with E-state index in [-0.39, 0.29) is 11.9 Å². The largest absolute Gasteiger partial charge is 0.496 e. The molecule has 1 aliphatic rings. The summed E-state index contributed by atoms with van der Waals surface area (Å²) >= 11 is 0. The van der Waals surface area contributed by atoms with E-state index in [1.807, 2.05) is 38.1 Å². The lowest BCUT2D eigenvalue weighted by Crippen LogP contribution is -2.48. The molecule has 0 fully saturated rings. The summed E-state index contributed by atoms with van der Waals surface area (Å²) in [6.45, 7) is 9.00. The highest BCUT2D eigenvalue weighted by molar-refractivity contribution is 5.81. The van der Waals surface area contributed by atoms with Crippen LogP contribution in [-0.2, 0) is 24.4 Å². The van der Waals surface area contributed by atoms with Crippen LogP contribution in [-0.4, -0.2) is 40.1 Å². The molecule has 1 aromatic heterocycles. The SMILES string of the molecule is COc1ccccc1CNC(=O)[C@H](C)N1CCn2c(nc(C)c2C)C1. The molecule has 1 aliphatic heterocycles. The molecular weight excluding hydrogens is 316 g/mol. The first-order valence-electron chi connectivity index (χ1n) is 8.67. The third-order valence-electron chi connectivity index (χ3n) is 5.06. The van der Waals surface area contributed by atoms with Crippen LogP contribution in [0.15, 0.2) is 24.3 Å². The van der Waals surface area contributed by atoms with E-state index >= 15 is 0 Å². The number of nitrogens with zero attached hydrogens (tertiary/aromatic N) is 3. The second-order valence-electron chi connectivity index (χ2n) is 6.53. The molecule has 0 bridgehead atoms. The van der Waals surface area contributed by atoms with E-state index in [2.05, 4.69) is 26.7 Å². The van der Waals surface area contributed by atoms with Gasteiger partial charge in [0.25, 0.3) is 0 Å². The van der Waals surface area contributed by atoms with Crippen molar-refractivity contribution >= 4 is 5.91 Å². The zero-order chi connectivity index (χ0) is 18.0. The average Bonchev–Trinajstić information content (AvgIpc) is 2.92. The van der Waals surface area contributed by atoms with Gasteiger partial charge >= 0.3 is 0 Å². The molecule has 0 saturated carbocycles. The molecule has 0 spiro atoms. The standard InChI is InChI=1S/C19H26N4O2/c1-13-14(2)23-10-9-22(12-18(23)21-13)15(3)19(24)20-11-16-7-5-6-8-17(16)25-4/h5-8,15H,9-12H2,1-4H3,(H,20,24)/t15-/m0/s1. The number of ether oxygens (including phenoxy) is 1. The third-order valence-corrected chi connectivity index (χ3v) is 5.06. The molecule has 1 atom stereocenters. The molecule has 2 heterocycles. The van der Waals surface area contributed by atoms with Gasteiger partial charge in [0, 0.05) is 30.9 Å². The Labute approximate surface area is 148 Å². The van der Waals surface area contributed by atoms with Crippen LogP contribution in [0.2, 0.25) is 0 Å². The minimum absolute atomic E-state index is 0.0272. The number of imidazole rings is 1. The lowest BCUT2D eigenvalue weighted by molar-refractivity contribution is -0.126. The average molecular weight is 342 g/mol. The number of rotatable bonds is 5. The zero-order valence-electron chi connectivity index (χ0n) is 15.4. The number of fused-ring (bicyclic) bond motifs is 1. The summed E-state index contributed by atoms with van der Waals surface area (Å²) in [5.41, 5.74) is 3.28. The van der Waals surface area contributed by atoms with E-state index in [1.165, 1.54) is 5.69 Å². The molecule has 134 valence electrons. The summed E-state index contributed by atoms with van der Waals surface area (Å²) in [5, 5.41) is 3.02. The van der Waals surface area contributed by atoms with E-state index in [0.717, 1.165) is 35.9 Å². The minimum Gasteiger partial charge on any atom is -0.496 e. The van der Waals surface area contributed by atoms with Gasteiger partial charge in [0.2, 0.25) is 5.91 Å². The van der Waals surface area contributed by atoms with Crippen LogP contribution in [0.5, 0.6) is 5.75 Å². The monoisotopic (exact) mass is 342 g/mol. The summed E-state index contributed by atoms with van der Waals surface area (Å²) in [7, 11) is 1.64. The van der Waals surface area contributed by atoms with Gasteiger partial charge in [-0.2, -0.15) is 0 Å². The third kappa shape index (κ3) is 3.54. The van der Waals surface area contributed by atoms with Crippen molar-refractivity contribution in [1.82, 2.24) is 19.8 Å². The van der Waals surface area contributed by atoms with Crippen LogP contribution < -0.4 is 10.1 Å². The van der Waals surface area contributed by atoms with E-state index in [9.17, 15) is 4.79 Å². The summed E-state index contributed by atoms with van der Waals surface area (Å²) < 4.78 is 7.59. The van der Waals surface area contributed by atoms with Crippen molar-refractivity contribution in [2.24, 2.45) is 0 Å². The number of aryl methyl sites for hydroxylation is 1. The fourth-order valence-electron chi connectivity index (χ4n) is 3.31. The Hall–Kier alpha value is -2.34. The molecule has 0 aliphatic carbocycles. The van der Waals surface area contributed by atoms with Gasteiger partial charge < -0.3 is 14.6 Å². The Bertz CT molecular complexity index is 769. The topological polar surface area (TPSA) is 59.4 Å². The summed E-state index contributed by atoms with van der Waals surface area (Å²) in [4.78, 5) is 19.4. The van der Waals surface area contributed by atoms with Crippen molar-refractivity contribution < 1.29 is 9.53 Å². The molecule has 1 aromatic carbocycles. The van der Waals surface area contributed by atoms with Gasteiger partial charge in [-0.1, -0.05) is 18.2 Å². The highest BCUT2D eigenvalue weighted by atomic mass is 16.5. The Balaban J connectivity index is 1.61. The van der Waals surface area contributed by atoms with Gasteiger partial charge in [-0.25, -0.2) is 4.98 Å². The number of aromatic nitrogens is 2. The Morgan fingerprint density at radius 2 is 2.08 bits per heavy atom. The van der Waals surface area contributed by atoms with Crippen molar-refractivity contribution in [3.8, 4) is 5.75 Å². The number of para-hydroxylation sites is 1. The molecule has 1 amide bonds. The number of hydrogen-bond acceptors (Lipinski definition) is 4. The van der Waals surface area contributed by atoms with E-state index in [1.54, 1.807) is 7.11 Å². The predicted molar refractivity (Wildman–Crippen MR) is 96.4 cm³/mol. The lowest BCUT2D eigenvalue weighted by atomic mass is 10.2. The van der Waals surface area contributed by atoms with Gasteiger partial charge in [-0.05, 0) is 26.8 Å². The highest BCUT2D eigenvalue weighted by Gasteiger charge is 2.27. The maximum Gasteiger partial charge on any atom is 0.237 e. The molecule has 6 nitrogen and oxygen atoms in total. The van der Waals surface area contributed by atoms with Crippen LogP contribution in [0, 0.1) is 13.8 Å². The lowest BCUT2D eigenvalue weighted by Gasteiger charge is -2.32. The number of amides is 1. The highest BCUT2D eigenvalue weighted by Crippen LogP contribution is 2.19. The summed E-state index contributed by atoms with van der Waals surface area (Å²) in [5.74, 6) is 1.87. The van der Waals surface area contributed by atoms with Gasteiger partial charge in [0.15, 0.2) is 0 Å². The maximum absolute atomic E-state index is 12.6. The predicted octanol–water partition coefficient (Wildman–Crippen LogP) is 2.03. The molecule has 3 rings (SSSR count). The molecule has 1 N–H and O–H groups in total. The molecule has 2 aromatic rings. The number of nitrogens with one attached hydrogen (secondary N) is 1. The molecule has 6 heteroatoms. The first kappa shape index (κ1) is 17.5. The van der Waals surface area contributed by atoms with Crippen LogP contribution in [0.25, 0.3) is 0 Å². The number of methoxy groups -OCH3 is 1. The fraction of sp³-hybridized carbons (Fsp3) is 0.474. The molecule has 0 saturated heterocycles. The minimum atomic E-state index is -0.194. The fourth-order valence-corrected chi connectivity index (χ4v) is 3.31. The van der Waals surface area contributed by atoms with Crippen molar-refractivity contribution in [3.63, 3.8) is 0 Å². The number of carbonyl (C=O) groups is 1. The maximum atomic E-state index is 12.6. The van der Waals surface area contributed by atoms with E-state index in [4.69, 9.17) is 4.74 Å².